The molecule has 0 aromatic rings. The van der Waals surface area contributed by atoms with E-state index in [-0.39, 0.29) is 11.0 Å². The summed E-state index contributed by atoms with van der Waals surface area (Å²) < 4.78 is 4.71. The molecule has 0 bridgehead atoms. The molecule has 1 aliphatic carbocycles. The number of carbonyl (C=O) groups is 2. The fraction of sp³-hybridized carbons (Fsp3) is 0.556. The SMILES string of the molecule is COC(=O)C1=CC2=NC(=S)N(CCN3CCCCCC3)C(=O)C2C=C1. The molecular formula is C18H23N3O3S. The van der Waals surface area contributed by atoms with Gasteiger partial charge in [0.2, 0.25) is 11.0 Å². The van der Waals surface area contributed by atoms with E-state index in [4.69, 9.17) is 17.0 Å². The van der Waals surface area contributed by atoms with E-state index in [0.29, 0.717) is 17.8 Å². The zero-order valence-electron chi connectivity index (χ0n) is 14.4. The van der Waals surface area contributed by atoms with Crippen LogP contribution in [0.1, 0.15) is 25.7 Å². The van der Waals surface area contributed by atoms with E-state index < -0.39 is 11.9 Å². The third kappa shape index (κ3) is 4.04. The van der Waals surface area contributed by atoms with Crippen LogP contribution >= 0.6 is 12.2 Å². The zero-order valence-corrected chi connectivity index (χ0v) is 15.3. The molecular weight excluding hydrogens is 338 g/mol. The van der Waals surface area contributed by atoms with Crippen LogP contribution in [-0.4, -0.2) is 65.8 Å². The largest absolute Gasteiger partial charge is 0.465 e. The number of likely N-dealkylation sites (tertiary alicyclic amines) is 1. The van der Waals surface area contributed by atoms with E-state index in [1.54, 1.807) is 23.1 Å². The number of methoxy groups -OCH3 is 1. The molecule has 6 nitrogen and oxygen atoms in total. The molecule has 0 spiro atoms. The molecule has 0 N–H and O–H groups in total. The fourth-order valence-corrected chi connectivity index (χ4v) is 3.68. The van der Waals surface area contributed by atoms with Crippen LogP contribution in [0.3, 0.4) is 0 Å². The maximum atomic E-state index is 12.8. The number of ether oxygens (including phenoxy) is 1. The Labute approximate surface area is 153 Å². The van der Waals surface area contributed by atoms with Gasteiger partial charge in [-0.05, 0) is 44.2 Å². The van der Waals surface area contributed by atoms with Gasteiger partial charge in [0.1, 0.15) is 0 Å². The molecule has 0 radical (unpaired) electrons. The molecule has 0 aromatic heterocycles. The number of hydrogen-bond acceptors (Lipinski definition) is 5. The Morgan fingerprint density at radius 2 is 2.00 bits per heavy atom. The number of allylic oxidation sites excluding steroid dienone is 1. The van der Waals surface area contributed by atoms with Crippen molar-refractivity contribution in [2.45, 2.75) is 25.7 Å². The van der Waals surface area contributed by atoms with Crippen LogP contribution in [0.5, 0.6) is 0 Å². The van der Waals surface area contributed by atoms with Gasteiger partial charge in [-0.2, -0.15) is 0 Å². The molecule has 3 rings (SSSR count). The highest BCUT2D eigenvalue weighted by atomic mass is 32.1. The number of esters is 1. The molecule has 2 aliphatic heterocycles. The van der Waals surface area contributed by atoms with Crippen molar-refractivity contribution >= 4 is 34.9 Å². The standard InChI is InChI=1S/C18H23N3O3S/c1-24-17(23)13-6-7-14-15(12-13)19-18(25)21(16(14)22)11-10-20-8-4-2-3-5-9-20/h6-7,12,14H,2-5,8-11H2,1H3. The Morgan fingerprint density at radius 1 is 1.28 bits per heavy atom. The lowest BCUT2D eigenvalue weighted by atomic mass is 9.92. The predicted molar refractivity (Wildman–Crippen MR) is 99.4 cm³/mol. The molecule has 0 saturated carbocycles. The molecule has 134 valence electrons. The Morgan fingerprint density at radius 3 is 2.68 bits per heavy atom. The second-order valence-electron chi connectivity index (χ2n) is 6.49. The molecule has 1 saturated heterocycles. The molecule has 1 fully saturated rings. The molecule has 7 heteroatoms. The molecule has 1 atom stereocenters. The summed E-state index contributed by atoms with van der Waals surface area (Å²) in [7, 11) is 1.33. The highest BCUT2D eigenvalue weighted by Gasteiger charge is 2.35. The van der Waals surface area contributed by atoms with Crippen LogP contribution in [0, 0.1) is 5.92 Å². The lowest BCUT2D eigenvalue weighted by Gasteiger charge is -2.32. The topological polar surface area (TPSA) is 62.2 Å². The molecule has 3 aliphatic rings. The van der Waals surface area contributed by atoms with Crippen LogP contribution in [0.2, 0.25) is 0 Å². The average molecular weight is 361 g/mol. The molecule has 1 unspecified atom stereocenters. The van der Waals surface area contributed by atoms with Gasteiger partial charge < -0.3 is 9.64 Å². The summed E-state index contributed by atoms with van der Waals surface area (Å²) in [5.74, 6) is -0.982. The van der Waals surface area contributed by atoms with E-state index in [2.05, 4.69) is 9.89 Å². The van der Waals surface area contributed by atoms with Gasteiger partial charge >= 0.3 is 5.97 Å². The first-order chi connectivity index (χ1) is 12.1. The summed E-state index contributed by atoms with van der Waals surface area (Å²) in [6.45, 7) is 3.54. The normalized spacial score (nSPS) is 24.4. The smallest absolute Gasteiger partial charge is 0.337 e. The van der Waals surface area contributed by atoms with Crippen LogP contribution in [0.4, 0.5) is 0 Å². The van der Waals surface area contributed by atoms with Gasteiger partial charge in [0, 0.05) is 13.1 Å². The van der Waals surface area contributed by atoms with Crippen molar-refractivity contribution in [3.05, 3.63) is 23.8 Å². The van der Waals surface area contributed by atoms with Crippen LogP contribution in [-0.2, 0) is 14.3 Å². The van der Waals surface area contributed by atoms with Crippen LogP contribution in [0.15, 0.2) is 28.8 Å². The van der Waals surface area contributed by atoms with Crippen molar-refractivity contribution in [3.8, 4) is 0 Å². The van der Waals surface area contributed by atoms with Crippen molar-refractivity contribution in [1.82, 2.24) is 9.80 Å². The minimum absolute atomic E-state index is 0.0683. The number of carbonyl (C=O) groups excluding carboxylic acids is 2. The highest BCUT2D eigenvalue weighted by Crippen LogP contribution is 2.23. The number of aliphatic imine (C=N–C) groups is 1. The Balaban J connectivity index is 1.68. The van der Waals surface area contributed by atoms with Gasteiger partial charge in [0.25, 0.3) is 0 Å². The van der Waals surface area contributed by atoms with E-state index in [1.165, 1.54) is 32.8 Å². The van der Waals surface area contributed by atoms with E-state index in [0.717, 1.165) is 19.6 Å². The second-order valence-corrected chi connectivity index (χ2v) is 6.86. The van der Waals surface area contributed by atoms with Crippen LogP contribution < -0.4 is 0 Å². The number of hydrogen-bond donors (Lipinski definition) is 0. The lowest BCUT2D eigenvalue weighted by molar-refractivity contribution is -0.135. The average Bonchev–Trinajstić information content (AvgIpc) is 2.89. The zero-order chi connectivity index (χ0) is 17.8. The maximum Gasteiger partial charge on any atom is 0.337 e. The van der Waals surface area contributed by atoms with Crippen molar-refractivity contribution in [2.24, 2.45) is 10.9 Å². The summed E-state index contributed by atoms with van der Waals surface area (Å²) in [4.78, 5) is 32.8. The van der Waals surface area contributed by atoms with Gasteiger partial charge in [0.05, 0.1) is 24.3 Å². The Bertz CT molecular complexity index is 660. The van der Waals surface area contributed by atoms with Gasteiger partial charge in [-0.3, -0.25) is 9.69 Å². The third-order valence-electron chi connectivity index (χ3n) is 4.84. The minimum atomic E-state index is -0.468. The first-order valence-corrected chi connectivity index (χ1v) is 9.15. The quantitative estimate of drug-likeness (QED) is 0.564. The predicted octanol–water partition coefficient (Wildman–Crippen LogP) is 1.72. The van der Waals surface area contributed by atoms with Crippen LogP contribution in [0.25, 0.3) is 0 Å². The minimum Gasteiger partial charge on any atom is -0.465 e. The van der Waals surface area contributed by atoms with Crippen molar-refractivity contribution in [2.75, 3.05) is 33.3 Å². The monoisotopic (exact) mass is 361 g/mol. The second kappa shape index (κ2) is 8.01. The number of thiocarbonyl (C=S) groups is 1. The summed E-state index contributed by atoms with van der Waals surface area (Å²) in [6.07, 6.45) is 9.91. The number of fused-ring (bicyclic) bond motifs is 1. The van der Waals surface area contributed by atoms with Gasteiger partial charge in [-0.1, -0.05) is 25.0 Å². The van der Waals surface area contributed by atoms with E-state index in [1.807, 2.05) is 0 Å². The number of nitrogens with zero attached hydrogens (tertiary/aromatic N) is 3. The fourth-order valence-electron chi connectivity index (χ4n) is 3.39. The maximum absolute atomic E-state index is 12.8. The molecule has 1 amide bonds. The first kappa shape index (κ1) is 17.9. The van der Waals surface area contributed by atoms with Crippen molar-refractivity contribution < 1.29 is 14.3 Å². The Kier molecular flexibility index (Phi) is 5.75. The summed E-state index contributed by atoms with van der Waals surface area (Å²) in [5.41, 5.74) is 0.898. The summed E-state index contributed by atoms with van der Waals surface area (Å²) in [6, 6.07) is 0. The summed E-state index contributed by atoms with van der Waals surface area (Å²) in [5, 5.41) is 0.279. The number of amides is 1. The van der Waals surface area contributed by atoms with E-state index >= 15 is 0 Å². The van der Waals surface area contributed by atoms with E-state index in [9.17, 15) is 9.59 Å². The highest BCUT2D eigenvalue weighted by molar-refractivity contribution is 7.80. The molecule has 0 aromatic carbocycles. The number of rotatable bonds is 4. The Hall–Kier alpha value is -1.86. The van der Waals surface area contributed by atoms with Gasteiger partial charge in [0.15, 0.2) is 0 Å². The summed E-state index contributed by atoms with van der Waals surface area (Å²) >= 11 is 5.33. The van der Waals surface area contributed by atoms with Gasteiger partial charge in [-0.25, -0.2) is 9.79 Å². The third-order valence-corrected chi connectivity index (χ3v) is 5.15. The lowest BCUT2D eigenvalue weighted by Crippen LogP contribution is -2.49. The van der Waals surface area contributed by atoms with Crippen molar-refractivity contribution in [1.29, 1.82) is 0 Å². The van der Waals surface area contributed by atoms with Crippen molar-refractivity contribution in [3.63, 3.8) is 0 Å². The molecule has 2 heterocycles. The molecule has 25 heavy (non-hydrogen) atoms. The van der Waals surface area contributed by atoms with Gasteiger partial charge in [-0.15, -0.1) is 0 Å². The first-order valence-electron chi connectivity index (χ1n) is 8.74.